The molecule has 3 nitrogen and oxygen atoms in total. The van der Waals surface area contributed by atoms with Gasteiger partial charge in [-0.2, -0.15) is 0 Å². The molecule has 1 atom stereocenters. The van der Waals surface area contributed by atoms with Gasteiger partial charge in [-0.15, -0.1) is 11.8 Å². The van der Waals surface area contributed by atoms with E-state index in [1.807, 2.05) is 36.4 Å². The summed E-state index contributed by atoms with van der Waals surface area (Å²) in [4.78, 5) is 12.5. The minimum Gasteiger partial charge on any atom is -0.480 e. The predicted molar refractivity (Wildman–Crippen MR) is 77.1 cm³/mol. The van der Waals surface area contributed by atoms with Crippen molar-refractivity contribution in [3.8, 4) is 0 Å². The number of benzene rings is 2. The first kappa shape index (κ1) is 13.6. The Morgan fingerprint density at radius 3 is 2.11 bits per heavy atom. The lowest BCUT2D eigenvalue weighted by Crippen LogP contribution is -2.47. The molecule has 0 saturated carbocycles. The summed E-state index contributed by atoms with van der Waals surface area (Å²) in [5.74, 6) is -0.724. The quantitative estimate of drug-likeness (QED) is 0.822. The van der Waals surface area contributed by atoms with Crippen LogP contribution in [0.2, 0.25) is 0 Å². The van der Waals surface area contributed by atoms with Gasteiger partial charge in [-0.25, -0.2) is 4.79 Å². The van der Waals surface area contributed by atoms with E-state index >= 15 is 0 Å². The first-order valence-corrected chi connectivity index (χ1v) is 6.87. The molecule has 0 saturated heterocycles. The molecular weight excluding hydrogens is 258 g/mol. The van der Waals surface area contributed by atoms with Crippen molar-refractivity contribution in [1.82, 2.24) is 0 Å². The second-order valence-corrected chi connectivity index (χ2v) is 5.29. The van der Waals surface area contributed by atoms with Crippen LogP contribution in [-0.2, 0) is 10.3 Å². The van der Waals surface area contributed by atoms with Gasteiger partial charge >= 0.3 is 5.97 Å². The fourth-order valence-corrected chi connectivity index (χ4v) is 2.75. The number of hydrogen-bond acceptors (Lipinski definition) is 3. The summed E-state index contributed by atoms with van der Waals surface area (Å²) in [6.45, 7) is 0. The van der Waals surface area contributed by atoms with E-state index in [9.17, 15) is 9.90 Å². The van der Waals surface area contributed by atoms with Gasteiger partial charge in [-0.3, -0.25) is 0 Å². The summed E-state index contributed by atoms with van der Waals surface area (Å²) in [6, 6.07) is 18.6. The molecule has 2 aromatic carbocycles. The van der Waals surface area contributed by atoms with Crippen LogP contribution in [-0.4, -0.2) is 16.8 Å². The van der Waals surface area contributed by atoms with E-state index in [0.29, 0.717) is 5.56 Å². The topological polar surface area (TPSA) is 63.3 Å². The van der Waals surface area contributed by atoms with E-state index < -0.39 is 11.5 Å². The highest BCUT2D eigenvalue weighted by Gasteiger charge is 2.35. The first-order valence-electron chi connectivity index (χ1n) is 5.88. The molecule has 0 amide bonds. The number of rotatable bonds is 5. The van der Waals surface area contributed by atoms with Crippen LogP contribution in [0.5, 0.6) is 0 Å². The van der Waals surface area contributed by atoms with E-state index in [0.717, 1.165) is 4.90 Å². The smallest absolute Gasteiger partial charge is 0.329 e. The maximum absolute atomic E-state index is 11.5. The summed E-state index contributed by atoms with van der Waals surface area (Å²) in [5, 5.41) is 9.43. The Labute approximate surface area is 116 Å². The normalized spacial score (nSPS) is 13.7. The fraction of sp³-hybridized carbons (Fsp3) is 0.133. The van der Waals surface area contributed by atoms with Crippen LogP contribution in [0.1, 0.15) is 5.56 Å². The molecule has 0 aliphatic rings. The van der Waals surface area contributed by atoms with Gasteiger partial charge in [0.1, 0.15) is 5.54 Å². The van der Waals surface area contributed by atoms with Crippen LogP contribution < -0.4 is 5.73 Å². The van der Waals surface area contributed by atoms with Crippen LogP contribution in [0.25, 0.3) is 0 Å². The van der Waals surface area contributed by atoms with Gasteiger partial charge in [0.05, 0.1) is 0 Å². The number of carboxylic acids is 1. The van der Waals surface area contributed by atoms with Gasteiger partial charge in [0.15, 0.2) is 0 Å². The van der Waals surface area contributed by atoms with Crippen molar-refractivity contribution in [3.05, 3.63) is 66.2 Å². The summed E-state index contributed by atoms with van der Waals surface area (Å²) >= 11 is 1.44. The molecule has 0 bridgehead atoms. The van der Waals surface area contributed by atoms with Crippen molar-refractivity contribution >= 4 is 17.7 Å². The van der Waals surface area contributed by atoms with E-state index in [1.165, 1.54) is 11.8 Å². The summed E-state index contributed by atoms with van der Waals surface area (Å²) < 4.78 is 0. The second-order valence-electron chi connectivity index (χ2n) is 4.24. The number of aliphatic carboxylic acids is 1. The van der Waals surface area contributed by atoms with E-state index in [1.54, 1.807) is 24.3 Å². The number of nitrogens with two attached hydrogens (primary N) is 1. The Morgan fingerprint density at radius 1 is 1.05 bits per heavy atom. The van der Waals surface area contributed by atoms with Crippen molar-refractivity contribution in [3.63, 3.8) is 0 Å². The van der Waals surface area contributed by atoms with Crippen molar-refractivity contribution in [2.45, 2.75) is 10.4 Å². The van der Waals surface area contributed by atoms with Gasteiger partial charge in [0, 0.05) is 10.6 Å². The third kappa shape index (κ3) is 3.16. The minimum absolute atomic E-state index is 0.288. The number of carbonyl (C=O) groups is 1. The molecule has 0 radical (unpaired) electrons. The second kappa shape index (κ2) is 5.91. The summed E-state index contributed by atoms with van der Waals surface area (Å²) in [6.07, 6.45) is 0. The zero-order chi connectivity index (χ0) is 13.7. The monoisotopic (exact) mass is 273 g/mol. The van der Waals surface area contributed by atoms with Crippen LogP contribution >= 0.6 is 11.8 Å². The van der Waals surface area contributed by atoms with E-state index in [4.69, 9.17) is 5.73 Å². The number of hydrogen-bond donors (Lipinski definition) is 2. The van der Waals surface area contributed by atoms with Gasteiger partial charge in [0.25, 0.3) is 0 Å². The van der Waals surface area contributed by atoms with Crippen molar-refractivity contribution < 1.29 is 9.90 Å². The molecule has 98 valence electrons. The van der Waals surface area contributed by atoms with Gasteiger partial charge < -0.3 is 10.8 Å². The first-order chi connectivity index (χ1) is 9.13. The Bertz CT molecular complexity index is 545. The standard InChI is InChI=1S/C15H15NO2S/c16-15(14(17)18,12-7-3-1-4-8-12)11-19-13-9-5-2-6-10-13/h1-10H,11,16H2,(H,17,18). The molecule has 0 spiro atoms. The average Bonchev–Trinajstić information content (AvgIpc) is 2.46. The highest BCUT2D eigenvalue weighted by molar-refractivity contribution is 7.99. The van der Waals surface area contributed by atoms with Gasteiger partial charge in [-0.05, 0) is 17.7 Å². The highest BCUT2D eigenvalue weighted by Crippen LogP contribution is 2.28. The molecule has 0 aromatic heterocycles. The zero-order valence-corrected chi connectivity index (χ0v) is 11.1. The maximum Gasteiger partial charge on any atom is 0.329 e. The van der Waals surface area contributed by atoms with Crippen LogP contribution in [0, 0.1) is 0 Å². The van der Waals surface area contributed by atoms with Crippen LogP contribution in [0.15, 0.2) is 65.6 Å². The van der Waals surface area contributed by atoms with Crippen molar-refractivity contribution in [2.75, 3.05) is 5.75 Å². The van der Waals surface area contributed by atoms with Gasteiger partial charge in [-0.1, -0.05) is 48.5 Å². The molecular formula is C15H15NO2S. The van der Waals surface area contributed by atoms with Crippen molar-refractivity contribution in [2.24, 2.45) is 5.73 Å². The van der Waals surface area contributed by atoms with E-state index in [-0.39, 0.29) is 5.75 Å². The Hall–Kier alpha value is -1.78. The molecule has 2 aromatic rings. The Kier molecular flexibility index (Phi) is 4.24. The lowest BCUT2D eigenvalue weighted by atomic mass is 9.93. The Morgan fingerprint density at radius 2 is 1.58 bits per heavy atom. The molecule has 3 N–H and O–H groups in total. The summed E-state index contributed by atoms with van der Waals surface area (Å²) in [5.41, 5.74) is 5.33. The molecule has 0 aliphatic carbocycles. The molecule has 0 aliphatic heterocycles. The average molecular weight is 273 g/mol. The predicted octanol–water partition coefficient (Wildman–Crippen LogP) is 2.72. The zero-order valence-electron chi connectivity index (χ0n) is 10.3. The minimum atomic E-state index is -1.37. The fourth-order valence-electron chi connectivity index (χ4n) is 1.72. The molecule has 19 heavy (non-hydrogen) atoms. The molecule has 2 rings (SSSR count). The SMILES string of the molecule is NC(CSc1ccccc1)(C(=O)O)c1ccccc1. The van der Waals surface area contributed by atoms with Gasteiger partial charge in [0.2, 0.25) is 0 Å². The lowest BCUT2D eigenvalue weighted by molar-refractivity contribution is -0.142. The van der Waals surface area contributed by atoms with Crippen LogP contribution in [0.4, 0.5) is 0 Å². The number of thioether (sulfide) groups is 1. The summed E-state index contributed by atoms with van der Waals surface area (Å²) in [7, 11) is 0. The molecule has 1 unspecified atom stereocenters. The molecule has 0 heterocycles. The molecule has 0 fully saturated rings. The molecule has 4 heteroatoms. The maximum atomic E-state index is 11.5. The van der Waals surface area contributed by atoms with Crippen LogP contribution in [0.3, 0.4) is 0 Å². The lowest BCUT2D eigenvalue weighted by Gasteiger charge is -2.24. The number of carboxylic acid groups (broad SMARTS) is 1. The van der Waals surface area contributed by atoms with E-state index in [2.05, 4.69) is 0 Å². The highest BCUT2D eigenvalue weighted by atomic mass is 32.2. The Balaban J connectivity index is 2.19. The van der Waals surface area contributed by atoms with Crippen molar-refractivity contribution in [1.29, 1.82) is 0 Å². The largest absolute Gasteiger partial charge is 0.480 e. The third-order valence-corrected chi connectivity index (χ3v) is 4.09. The third-order valence-electron chi connectivity index (χ3n) is 2.88.